The molecule has 1 unspecified atom stereocenters. The van der Waals surface area contributed by atoms with Gasteiger partial charge in [-0.2, -0.15) is 0 Å². The minimum Gasteiger partial charge on any atom is -0.303 e. The van der Waals surface area contributed by atoms with Crippen LogP contribution in [0.2, 0.25) is 0 Å². The summed E-state index contributed by atoms with van der Waals surface area (Å²) >= 11 is 0. The van der Waals surface area contributed by atoms with E-state index in [-0.39, 0.29) is 11.1 Å². The standard InChI is InChI=1S/C12H23N/c1-8-9(2)11(4,5)13-12(6,7)10(8)3/h9,13H,1-7H3. The average molecular weight is 181 g/mol. The van der Waals surface area contributed by atoms with Gasteiger partial charge in [0.15, 0.2) is 0 Å². The van der Waals surface area contributed by atoms with E-state index in [4.69, 9.17) is 0 Å². The molecular weight excluding hydrogens is 158 g/mol. The molecule has 0 aliphatic carbocycles. The molecule has 1 nitrogen and oxygen atoms in total. The molecule has 1 heterocycles. The summed E-state index contributed by atoms with van der Waals surface area (Å²) in [6.07, 6.45) is 0. The van der Waals surface area contributed by atoms with Gasteiger partial charge in [0.1, 0.15) is 0 Å². The molecule has 1 N–H and O–H groups in total. The summed E-state index contributed by atoms with van der Waals surface area (Å²) in [5, 5.41) is 3.70. The molecular formula is C12H23N. The highest BCUT2D eigenvalue weighted by Gasteiger charge is 2.39. The third-order valence-electron chi connectivity index (χ3n) is 3.90. The molecule has 1 aliphatic rings. The van der Waals surface area contributed by atoms with Gasteiger partial charge in [0.2, 0.25) is 0 Å². The third-order valence-corrected chi connectivity index (χ3v) is 3.90. The fraction of sp³-hybridized carbons (Fsp3) is 0.833. The van der Waals surface area contributed by atoms with Crippen LogP contribution < -0.4 is 5.32 Å². The summed E-state index contributed by atoms with van der Waals surface area (Å²) in [5.41, 5.74) is 3.42. The second kappa shape index (κ2) is 2.84. The highest BCUT2D eigenvalue weighted by atomic mass is 15.1. The first-order valence-corrected chi connectivity index (χ1v) is 5.15. The summed E-state index contributed by atoms with van der Waals surface area (Å²) in [4.78, 5) is 0. The van der Waals surface area contributed by atoms with Crippen LogP contribution in [0.5, 0.6) is 0 Å². The number of hydrogen-bond acceptors (Lipinski definition) is 1. The van der Waals surface area contributed by atoms with Crippen LogP contribution >= 0.6 is 0 Å². The Morgan fingerprint density at radius 1 is 1.08 bits per heavy atom. The highest BCUT2D eigenvalue weighted by Crippen LogP contribution is 2.37. The van der Waals surface area contributed by atoms with Gasteiger partial charge in [-0.25, -0.2) is 0 Å². The number of nitrogens with one attached hydrogen (secondary N) is 1. The molecule has 1 heteroatoms. The largest absolute Gasteiger partial charge is 0.303 e. The second-order valence-electron chi connectivity index (χ2n) is 5.50. The lowest BCUT2D eigenvalue weighted by Crippen LogP contribution is -2.59. The van der Waals surface area contributed by atoms with Crippen molar-refractivity contribution in [3.63, 3.8) is 0 Å². The van der Waals surface area contributed by atoms with Crippen LogP contribution in [0.1, 0.15) is 48.5 Å². The fourth-order valence-corrected chi connectivity index (χ4v) is 2.37. The Bertz CT molecular complexity index is 246. The Balaban J connectivity index is 3.17. The Labute approximate surface area is 82.6 Å². The quantitative estimate of drug-likeness (QED) is 0.566. The van der Waals surface area contributed by atoms with Crippen LogP contribution in [0.15, 0.2) is 11.1 Å². The number of rotatable bonds is 0. The fourth-order valence-electron chi connectivity index (χ4n) is 2.37. The van der Waals surface area contributed by atoms with Crippen molar-refractivity contribution in [2.45, 2.75) is 59.5 Å². The van der Waals surface area contributed by atoms with Crippen LogP contribution in [0.4, 0.5) is 0 Å². The number of hydrogen-bond donors (Lipinski definition) is 1. The first kappa shape index (κ1) is 10.8. The molecule has 0 bridgehead atoms. The minimum absolute atomic E-state index is 0.153. The summed E-state index contributed by atoms with van der Waals surface area (Å²) in [6.45, 7) is 15.9. The van der Waals surface area contributed by atoms with Crippen molar-refractivity contribution in [2.24, 2.45) is 5.92 Å². The van der Waals surface area contributed by atoms with Crippen LogP contribution in [0, 0.1) is 5.92 Å². The van der Waals surface area contributed by atoms with Crippen molar-refractivity contribution in [1.29, 1.82) is 0 Å². The van der Waals surface area contributed by atoms with E-state index >= 15 is 0 Å². The molecule has 0 aromatic rings. The molecule has 0 spiro atoms. The summed E-state index contributed by atoms with van der Waals surface area (Å²) in [5.74, 6) is 0.625. The zero-order chi connectivity index (χ0) is 10.4. The first-order valence-electron chi connectivity index (χ1n) is 5.15. The lowest BCUT2D eigenvalue weighted by molar-refractivity contribution is 0.212. The zero-order valence-electron chi connectivity index (χ0n) is 10.1. The molecule has 0 saturated carbocycles. The molecule has 0 saturated heterocycles. The van der Waals surface area contributed by atoms with Gasteiger partial charge in [-0.05, 0) is 47.5 Å². The minimum atomic E-state index is 0.153. The molecule has 13 heavy (non-hydrogen) atoms. The molecule has 0 aromatic carbocycles. The van der Waals surface area contributed by atoms with Gasteiger partial charge in [-0.1, -0.05) is 18.1 Å². The molecule has 1 rings (SSSR count). The van der Waals surface area contributed by atoms with Gasteiger partial charge in [0.05, 0.1) is 0 Å². The van der Waals surface area contributed by atoms with Gasteiger partial charge in [-0.15, -0.1) is 0 Å². The Morgan fingerprint density at radius 3 is 2.00 bits per heavy atom. The summed E-state index contributed by atoms with van der Waals surface area (Å²) in [7, 11) is 0. The van der Waals surface area contributed by atoms with Crippen molar-refractivity contribution >= 4 is 0 Å². The molecule has 0 radical (unpaired) electrons. The second-order valence-corrected chi connectivity index (χ2v) is 5.50. The smallest absolute Gasteiger partial charge is 0.0341 e. The van der Waals surface area contributed by atoms with E-state index in [9.17, 15) is 0 Å². The summed E-state index contributed by atoms with van der Waals surface area (Å²) < 4.78 is 0. The zero-order valence-corrected chi connectivity index (χ0v) is 10.1. The van der Waals surface area contributed by atoms with Gasteiger partial charge in [-0.3, -0.25) is 0 Å². The lowest BCUT2D eigenvalue weighted by Gasteiger charge is -2.48. The van der Waals surface area contributed by atoms with E-state index in [0.717, 1.165) is 0 Å². The Morgan fingerprint density at radius 2 is 1.54 bits per heavy atom. The molecule has 0 amide bonds. The van der Waals surface area contributed by atoms with Crippen molar-refractivity contribution in [3.8, 4) is 0 Å². The van der Waals surface area contributed by atoms with Gasteiger partial charge < -0.3 is 5.32 Å². The van der Waals surface area contributed by atoms with Crippen LogP contribution in [0.3, 0.4) is 0 Å². The normalized spacial score (nSPS) is 32.1. The van der Waals surface area contributed by atoms with Crippen molar-refractivity contribution in [1.82, 2.24) is 5.32 Å². The van der Waals surface area contributed by atoms with Crippen LogP contribution in [-0.2, 0) is 0 Å². The first-order chi connectivity index (χ1) is 5.68. The van der Waals surface area contributed by atoms with Crippen molar-refractivity contribution in [2.75, 3.05) is 0 Å². The Hall–Kier alpha value is -0.300. The maximum absolute atomic E-state index is 3.70. The molecule has 0 fully saturated rings. The van der Waals surface area contributed by atoms with E-state index in [1.807, 2.05) is 0 Å². The van der Waals surface area contributed by atoms with E-state index in [1.165, 1.54) is 5.57 Å². The maximum Gasteiger partial charge on any atom is 0.0341 e. The van der Waals surface area contributed by atoms with Crippen molar-refractivity contribution in [3.05, 3.63) is 11.1 Å². The SMILES string of the molecule is CC1=C(C)C(C)(C)NC(C)(C)C1C. The summed E-state index contributed by atoms with van der Waals surface area (Å²) in [6, 6.07) is 0. The van der Waals surface area contributed by atoms with Gasteiger partial charge in [0, 0.05) is 11.1 Å². The predicted octanol–water partition coefficient (Wildman–Crippen LogP) is 3.12. The highest BCUT2D eigenvalue weighted by molar-refractivity contribution is 5.30. The van der Waals surface area contributed by atoms with Crippen LogP contribution in [0.25, 0.3) is 0 Å². The molecule has 0 aromatic heterocycles. The van der Waals surface area contributed by atoms with Gasteiger partial charge >= 0.3 is 0 Å². The van der Waals surface area contributed by atoms with E-state index < -0.39 is 0 Å². The van der Waals surface area contributed by atoms with Crippen molar-refractivity contribution < 1.29 is 0 Å². The van der Waals surface area contributed by atoms with Crippen LogP contribution in [-0.4, -0.2) is 11.1 Å². The van der Waals surface area contributed by atoms with Gasteiger partial charge in [0.25, 0.3) is 0 Å². The molecule has 76 valence electrons. The Kier molecular flexibility index (Phi) is 2.36. The van der Waals surface area contributed by atoms with E-state index in [1.54, 1.807) is 5.57 Å². The topological polar surface area (TPSA) is 12.0 Å². The maximum atomic E-state index is 3.70. The monoisotopic (exact) mass is 181 g/mol. The molecule has 1 atom stereocenters. The predicted molar refractivity (Wildman–Crippen MR) is 58.8 cm³/mol. The molecule has 1 aliphatic heterocycles. The third kappa shape index (κ3) is 1.67. The van der Waals surface area contributed by atoms with E-state index in [2.05, 4.69) is 53.8 Å². The average Bonchev–Trinajstić information content (AvgIpc) is 1.96. The lowest BCUT2D eigenvalue weighted by atomic mass is 9.72. The van der Waals surface area contributed by atoms with E-state index in [0.29, 0.717) is 5.92 Å².